The fourth-order valence-corrected chi connectivity index (χ4v) is 2.42. The second kappa shape index (κ2) is 6.52. The number of nitrogens with one attached hydrogen (secondary N) is 2. The molecule has 0 saturated carbocycles. The van der Waals surface area contributed by atoms with Crippen molar-refractivity contribution < 1.29 is 14.3 Å². The van der Waals surface area contributed by atoms with Gasteiger partial charge < -0.3 is 15.4 Å². The van der Waals surface area contributed by atoms with E-state index in [0.29, 0.717) is 30.0 Å². The fourth-order valence-electron chi connectivity index (χ4n) is 2.42. The third-order valence-electron chi connectivity index (χ3n) is 3.71. The van der Waals surface area contributed by atoms with E-state index in [1.54, 1.807) is 12.1 Å². The average Bonchev–Trinajstić information content (AvgIpc) is 2.98. The van der Waals surface area contributed by atoms with E-state index in [4.69, 9.17) is 4.74 Å². The highest BCUT2D eigenvalue weighted by atomic mass is 16.5. The molecule has 2 N–H and O–H groups in total. The second-order valence-electron chi connectivity index (χ2n) is 5.56. The molecule has 0 aliphatic carbocycles. The van der Waals surface area contributed by atoms with Gasteiger partial charge in [-0.2, -0.15) is 0 Å². The van der Waals surface area contributed by atoms with Crippen LogP contribution in [0.1, 0.15) is 18.4 Å². The van der Waals surface area contributed by atoms with E-state index in [9.17, 15) is 9.59 Å². The van der Waals surface area contributed by atoms with Crippen LogP contribution in [-0.4, -0.2) is 17.9 Å². The first kappa shape index (κ1) is 15.1. The van der Waals surface area contributed by atoms with Crippen molar-refractivity contribution in [2.45, 2.75) is 25.8 Å². The van der Waals surface area contributed by atoms with Crippen LogP contribution in [0, 0.1) is 6.92 Å². The average molecular weight is 310 g/mol. The molecule has 1 saturated heterocycles. The van der Waals surface area contributed by atoms with Crippen LogP contribution in [0.15, 0.2) is 48.5 Å². The van der Waals surface area contributed by atoms with Crippen molar-refractivity contribution in [3.63, 3.8) is 0 Å². The van der Waals surface area contributed by atoms with Crippen molar-refractivity contribution in [3.8, 4) is 11.5 Å². The molecule has 0 spiro atoms. The minimum atomic E-state index is -0.477. The molecule has 2 aromatic rings. The van der Waals surface area contributed by atoms with Crippen LogP contribution >= 0.6 is 0 Å². The lowest BCUT2D eigenvalue weighted by molar-refractivity contribution is -0.122. The summed E-state index contributed by atoms with van der Waals surface area (Å²) in [6, 6.07) is 14.4. The number of anilines is 1. The Hall–Kier alpha value is -2.82. The molecule has 1 aliphatic heterocycles. The van der Waals surface area contributed by atoms with E-state index in [0.717, 1.165) is 5.56 Å². The fraction of sp³-hybridized carbons (Fsp3) is 0.222. The van der Waals surface area contributed by atoms with E-state index in [1.165, 1.54) is 0 Å². The Morgan fingerprint density at radius 1 is 1.17 bits per heavy atom. The van der Waals surface area contributed by atoms with E-state index in [-0.39, 0.29) is 11.8 Å². The predicted octanol–water partition coefficient (Wildman–Crippen LogP) is 3.00. The van der Waals surface area contributed by atoms with E-state index in [2.05, 4.69) is 10.6 Å². The number of rotatable bonds is 4. The van der Waals surface area contributed by atoms with Crippen molar-refractivity contribution >= 4 is 17.5 Å². The third kappa shape index (κ3) is 3.69. The summed E-state index contributed by atoms with van der Waals surface area (Å²) >= 11 is 0. The van der Waals surface area contributed by atoms with Gasteiger partial charge in [-0.05, 0) is 37.6 Å². The molecule has 0 bridgehead atoms. The summed E-state index contributed by atoms with van der Waals surface area (Å²) in [4.78, 5) is 23.5. The molecule has 5 heteroatoms. The maximum Gasteiger partial charge on any atom is 0.247 e. The molecule has 0 unspecified atom stereocenters. The molecule has 118 valence electrons. The molecule has 0 aromatic heterocycles. The topological polar surface area (TPSA) is 67.4 Å². The number of hydrogen-bond donors (Lipinski definition) is 2. The minimum absolute atomic E-state index is 0.0886. The van der Waals surface area contributed by atoms with Crippen molar-refractivity contribution in [1.82, 2.24) is 5.32 Å². The summed E-state index contributed by atoms with van der Waals surface area (Å²) in [6.45, 7) is 2.01. The zero-order valence-electron chi connectivity index (χ0n) is 12.8. The number of para-hydroxylation sites is 2. The second-order valence-corrected chi connectivity index (χ2v) is 5.56. The molecule has 1 heterocycles. The van der Waals surface area contributed by atoms with Crippen LogP contribution in [0.3, 0.4) is 0 Å². The first-order valence-electron chi connectivity index (χ1n) is 7.55. The lowest BCUT2D eigenvalue weighted by Crippen LogP contribution is -2.37. The summed E-state index contributed by atoms with van der Waals surface area (Å²) < 4.78 is 5.85. The molecule has 2 amide bonds. The molecular formula is C18H18N2O3. The molecule has 3 rings (SSSR count). The van der Waals surface area contributed by atoms with Crippen LogP contribution in [0.25, 0.3) is 0 Å². The first-order valence-corrected chi connectivity index (χ1v) is 7.55. The lowest BCUT2D eigenvalue weighted by Gasteiger charge is -2.14. The zero-order valence-corrected chi connectivity index (χ0v) is 12.8. The van der Waals surface area contributed by atoms with Crippen LogP contribution in [-0.2, 0) is 9.59 Å². The van der Waals surface area contributed by atoms with Gasteiger partial charge in [-0.1, -0.05) is 29.8 Å². The Balaban J connectivity index is 1.74. The normalized spacial score (nSPS) is 16.7. The maximum atomic E-state index is 12.2. The van der Waals surface area contributed by atoms with Crippen molar-refractivity contribution in [2.24, 2.45) is 0 Å². The molecule has 5 nitrogen and oxygen atoms in total. The number of carbonyl (C=O) groups excluding carboxylic acids is 2. The first-order chi connectivity index (χ1) is 11.1. The third-order valence-corrected chi connectivity index (χ3v) is 3.71. The Morgan fingerprint density at radius 2 is 1.91 bits per heavy atom. The van der Waals surface area contributed by atoms with Crippen molar-refractivity contribution in [2.75, 3.05) is 5.32 Å². The summed E-state index contributed by atoms with van der Waals surface area (Å²) in [6.07, 6.45) is 0.908. The largest absolute Gasteiger partial charge is 0.455 e. The number of ether oxygens (including phenoxy) is 1. The van der Waals surface area contributed by atoms with Gasteiger partial charge in [0.1, 0.15) is 11.8 Å². The van der Waals surface area contributed by atoms with Gasteiger partial charge in [0.25, 0.3) is 0 Å². The lowest BCUT2D eigenvalue weighted by atomic mass is 10.2. The number of hydrogen-bond acceptors (Lipinski definition) is 3. The minimum Gasteiger partial charge on any atom is -0.455 e. The van der Waals surface area contributed by atoms with E-state index < -0.39 is 6.04 Å². The van der Waals surface area contributed by atoms with Gasteiger partial charge in [-0.3, -0.25) is 9.59 Å². The number of aryl methyl sites for hydroxylation is 1. The van der Waals surface area contributed by atoms with Gasteiger partial charge in [0.15, 0.2) is 5.75 Å². The summed E-state index contributed by atoms with van der Waals surface area (Å²) in [5.74, 6) is 0.950. The zero-order chi connectivity index (χ0) is 16.2. The maximum absolute atomic E-state index is 12.2. The van der Waals surface area contributed by atoms with Crippen LogP contribution < -0.4 is 15.4 Å². The summed E-state index contributed by atoms with van der Waals surface area (Å²) in [7, 11) is 0. The number of benzene rings is 2. The standard InChI is InChI=1S/C18H18N2O3/c1-12-6-8-13(9-7-12)23-16-5-3-2-4-14(16)20-18(22)15-10-11-17(21)19-15/h2-9,15H,10-11H2,1H3,(H,19,21)(H,20,22)/t15-/m1/s1. The van der Waals surface area contributed by atoms with E-state index >= 15 is 0 Å². The highest BCUT2D eigenvalue weighted by Gasteiger charge is 2.27. The highest BCUT2D eigenvalue weighted by molar-refractivity contribution is 5.99. The molecular weight excluding hydrogens is 292 g/mol. The molecule has 0 radical (unpaired) electrons. The Labute approximate surface area is 134 Å². The number of carbonyl (C=O) groups is 2. The highest BCUT2D eigenvalue weighted by Crippen LogP contribution is 2.29. The van der Waals surface area contributed by atoms with Gasteiger partial charge in [-0.25, -0.2) is 0 Å². The molecule has 1 atom stereocenters. The SMILES string of the molecule is Cc1ccc(Oc2ccccc2NC(=O)[C@H]2CCC(=O)N2)cc1. The Bertz CT molecular complexity index is 725. The van der Waals surface area contributed by atoms with Gasteiger partial charge in [0.2, 0.25) is 11.8 Å². The van der Waals surface area contributed by atoms with Crippen LogP contribution in [0.4, 0.5) is 5.69 Å². The van der Waals surface area contributed by atoms with Crippen molar-refractivity contribution in [1.29, 1.82) is 0 Å². The van der Waals surface area contributed by atoms with Crippen LogP contribution in [0.2, 0.25) is 0 Å². The number of amides is 2. The molecule has 1 aliphatic rings. The predicted molar refractivity (Wildman–Crippen MR) is 87.5 cm³/mol. The molecule has 1 fully saturated rings. The van der Waals surface area contributed by atoms with Gasteiger partial charge in [0, 0.05) is 6.42 Å². The van der Waals surface area contributed by atoms with Crippen molar-refractivity contribution in [3.05, 3.63) is 54.1 Å². The van der Waals surface area contributed by atoms with E-state index in [1.807, 2.05) is 43.3 Å². The van der Waals surface area contributed by atoms with Gasteiger partial charge >= 0.3 is 0 Å². The summed E-state index contributed by atoms with van der Waals surface area (Å²) in [5, 5.41) is 5.48. The van der Waals surface area contributed by atoms with Gasteiger partial charge in [0.05, 0.1) is 5.69 Å². The smallest absolute Gasteiger partial charge is 0.247 e. The quantitative estimate of drug-likeness (QED) is 0.912. The Morgan fingerprint density at radius 3 is 2.61 bits per heavy atom. The van der Waals surface area contributed by atoms with Crippen LogP contribution in [0.5, 0.6) is 11.5 Å². The monoisotopic (exact) mass is 310 g/mol. The van der Waals surface area contributed by atoms with Gasteiger partial charge in [-0.15, -0.1) is 0 Å². The summed E-state index contributed by atoms with van der Waals surface area (Å²) in [5.41, 5.74) is 1.73. The Kier molecular flexibility index (Phi) is 4.28. The molecule has 2 aromatic carbocycles. The molecule has 23 heavy (non-hydrogen) atoms.